The predicted octanol–water partition coefficient (Wildman–Crippen LogP) is 16.2. The molecule has 12 aromatic rings. The number of nitro groups is 2. The van der Waals surface area contributed by atoms with Crippen molar-refractivity contribution >= 4 is 73.8 Å². The lowest BCUT2D eigenvalue weighted by atomic mass is 10.0. The highest BCUT2D eigenvalue weighted by atomic mass is 32.1. The first-order valence-electron chi connectivity index (χ1n) is 27.2. The number of thiazole rings is 1. The summed E-state index contributed by atoms with van der Waals surface area (Å²) in [4.78, 5) is 71.0. The largest absolute Gasteiger partial charge is 0.462 e. The second kappa shape index (κ2) is 27.3. The van der Waals surface area contributed by atoms with E-state index >= 15 is 0 Å². The zero-order chi connectivity index (χ0) is 62.2. The molecule has 0 bridgehead atoms. The molecule has 0 aliphatic carbocycles. The Morgan fingerprint density at radius 1 is 0.506 bits per heavy atom. The molecule has 24 heteroatoms. The lowest BCUT2D eigenvalue weighted by Gasteiger charge is -2.06. The Morgan fingerprint density at radius 2 is 0.921 bits per heavy atom. The summed E-state index contributed by atoms with van der Waals surface area (Å²) in [6.07, 6.45) is 4.26. The summed E-state index contributed by atoms with van der Waals surface area (Å²) in [5.74, 6) is 0.109. The van der Waals surface area contributed by atoms with Gasteiger partial charge in [-0.3, -0.25) is 9.13 Å². The van der Waals surface area contributed by atoms with Crippen LogP contribution in [0.5, 0.6) is 34.2 Å². The van der Waals surface area contributed by atoms with E-state index < -0.39 is 39.4 Å². The topological polar surface area (TPSA) is 281 Å². The summed E-state index contributed by atoms with van der Waals surface area (Å²) in [6, 6.07) is 39.7. The Hall–Kier alpha value is -11.4. The number of hydrogen-bond donors (Lipinski definition) is 0. The fourth-order valence-electron chi connectivity index (χ4n) is 9.21. The quantitative estimate of drug-likeness (QED) is 0.0354. The number of aromatic nitrogens is 5. The molecule has 23 nitrogen and oxygen atoms in total. The average molecular weight is 1220 g/mol. The second-order valence-electron chi connectivity index (χ2n) is 19.2. The summed E-state index contributed by atoms with van der Waals surface area (Å²) >= 11 is 1.40. The first-order valence-corrected chi connectivity index (χ1v) is 28.1. The van der Waals surface area contributed by atoms with Crippen molar-refractivity contribution in [2.75, 3.05) is 19.8 Å². The van der Waals surface area contributed by atoms with Gasteiger partial charge < -0.3 is 61.9 Å². The van der Waals surface area contributed by atoms with Crippen molar-refractivity contribution < 1.29 is 65.9 Å². The van der Waals surface area contributed by atoms with E-state index in [1.54, 1.807) is 95.7 Å². The third kappa shape index (κ3) is 13.5. The fraction of sp³-hybridized carbons (Fsp3) is 0.169. The van der Waals surface area contributed by atoms with Gasteiger partial charge in [0.2, 0.25) is 12.7 Å². The SMILES string of the molecule is C.CCOC(=O)c1c(-c2ccc(C)cc2)oc2ccc(Oc3c([N+](=O)[O-])ncn3C)cc12.CCOC(=O)c1c(-c2cccc(C)c2)oc2ccc(Oc3c([N+](=O)[O-])ncn3C)cc12.CCOC(=O)c1c(-c2ccccc2)oc2ccc(Oc3nccs3)cc12. The van der Waals surface area contributed by atoms with Crippen molar-refractivity contribution in [3.63, 3.8) is 0 Å². The number of carbonyl (C=O) groups is 3. The maximum Gasteiger partial charge on any atom is 0.427 e. The van der Waals surface area contributed by atoms with E-state index in [2.05, 4.69) is 15.0 Å². The number of hydrogen-bond acceptors (Lipinski definition) is 20. The minimum atomic E-state index is -0.620. The van der Waals surface area contributed by atoms with E-state index in [0.717, 1.165) is 27.8 Å². The molecule has 12 rings (SSSR count). The number of imidazole rings is 2. The van der Waals surface area contributed by atoms with E-state index in [0.29, 0.717) is 78.2 Å². The Morgan fingerprint density at radius 3 is 1.33 bits per heavy atom. The Balaban J connectivity index is 0.000000158. The standard InChI is InChI=1S/2C22H19N3O6.C20H15NO4S.CH4/c1-4-29-22(26)18-16-11-15(30-21-20(25(27)28)23-12-24(21)3)9-10-17(16)31-19(18)14-7-5-13(2)6-8-14;1-4-29-22(26)18-16-11-15(30-21-20(25(27)28)23-12-24(21)3)8-9-17(16)31-19(18)14-7-5-6-13(2)10-14;1-2-23-19(22)17-15-12-14(24-20-21-10-11-26-20)8-9-16(15)25-18(17)13-6-4-3-5-7-13;/h2*5-12H,4H2,1-3H3;3-12H,2H2,1H3;1H4. The van der Waals surface area contributed by atoms with Crippen molar-refractivity contribution in [1.29, 1.82) is 0 Å². The Labute approximate surface area is 511 Å². The smallest absolute Gasteiger partial charge is 0.427 e. The number of esters is 3. The van der Waals surface area contributed by atoms with Gasteiger partial charge in [0.25, 0.3) is 5.19 Å². The van der Waals surface area contributed by atoms with Crippen LogP contribution in [0.1, 0.15) is 70.4 Å². The van der Waals surface area contributed by atoms with Crippen LogP contribution in [-0.2, 0) is 28.3 Å². The van der Waals surface area contributed by atoms with Crippen LogP contribution < -0.4 is 14.2 Å². The number of rotatable bonds is 17. The fourth-order valence-corrected chi connectivity index (χ4v) is 9.72. The molecule has 0 radical (unpaired) electrons. The molecule has 0 spiro atoms. The maximum atomic E-state index is 12.8. The molecular formula is C65H57N7O16S. The molecule has 0 unspecified atom stereocenters. The molecule has 454 valence electrons. The van der Waals surface area contributed by atoms with Crippen molar-refractivity contribution in [3.05, 3.63) is 206 Å². The maximum absolute atomic E-state index is 12.8. The zero-order valence-corrected chi connectivity index (χ0v) is 49.0. The van der Waals surface area contributed by atoms with Crippen molar-refractivity contribution in [3.8, 4) is 68.2 Å². The van der Waals surface area contributed by atoms with Crippen LogP contribution in [0.15, 0.2) is 171 Å². The monoisotopic (exact) mass is 1220 g/mol. The van der Waals surface area contributed by atoms with Gasteiger partial charge in [-0.05, 0) is 115 Å². The summed E-state index contributed by atoms with van der Waals surface area (Å²) in [5.41, 5.74) is 6.84. The van der Waals surface area contributed by atoms with Crippen LogP contribution in [0.4, 0.5) is 11.6 Å². The van der Waals surface area contributed by atoms with Crippen LogP contribution >= 0.6 is 11.3 Å². The zero-order valence-electron chi connectivity index (χ0n) is 48.2. The first-order chi connectivity index (χ1) is 42.5. The van der Waals surface area contributed by atoms with Crippen LogP contribution in [-0.4, -0.2) is 71.7 Å². The van der Waals surface area contributed by atoms with Crippen molar-refractivity contribution in [2.45, 2.75) is 42.0 Å². The van der Waals surface area contributed by atoms with Crippen LogP contribution in [0.25, 0.3) is 66.9 Å². The molecule has 0 N–H and O–H groups in total. The van der Waals surface area contributed by atoms with Gasteiger partial charge >= 0.3 is 41.3 Å². The highest BCUT2D eigenvalue weighted by Gasteiger charge is 2.29. The molecule has 0 fully saturated rings. The summed E-state index contributed by atoms with van der Waals surface area (Å²) in [5, 5.41) is 26.4. The van der Waals surface area contributed by atoms with Crippen molar-refractivity contribution in [2.24, 2.45) is 14.1 Å². The second-order valence-corrected chi connectivity index (χ2v) is 20.1. The molecule has 89 heavy (non-hydrogen) atoms. The summed E-state index contributed by atoms with van der Waals surface area (Å²) in [7, 11) is 3.18. The normalized spacial score (nSPS) is 10.8. The minimum Gasteiger partial charge on any atom is -0.462 e. The van der Waals surface area contributed by atoms with Gasteiger partial charge in [-0.25, -0.2) is 19.4 Å². The van der Waals surface area contributed by atoms with Crippen LogP contribution in [0.3, 0.4) is 0 Å². The minimum absolute atomic E-state index is 0. The summed E-state index contributed by atoms with van der Waals surface area (Å²) in [6.45, 7) is 9.84. The summed E-state index contributed by atoms with van der Waals surface area (Å²) < 4.78 is 53.8. The van der Waals surface area contributed by atoms with E-state index in [4.69, 9.17) is 41.7 Å². The molecule has 6 heterocycles. The number of aryl methyl sites for hydroxylation is 4. The van der Waals surface area contributed by atoms with Gasteiger partial charge in [0.1, 0.15) is 68.0 Å². The van der Waals surface area contributed by atoms with E-state index in [9.17, 15) is 34.6 Å². The molecule has 0 aliphatic rings. The number of fused-ring (bicyclic) bond motifs is 3. The number of furan rings is 3. The number of benzene rings is 6. The molecule has 0 amide bonds. The van der Waals surface area contributed by atoms with Gasteiger partial charge in [-0.2, -0.15) is 0 Å². The molecular weight excluding hydrogens is 1170 g/mol. The third-order valence-electron chi connectivity index (χ3n) is 13.2. The molecule has 0 saturated carbocycles. The Kier molecular flexibility index (Phi) is 19.1. The van der Waals surface area contributed by atoms with Crippen LogP contribution in [0.2, 0.25) is 0 Å². The van der Waals surface area contributed by atoms with Gasteiger partial charge in [-0.1, -0.05) is 103 Å². The number of ether oxygens (including phenoxy) is 6. The first kappa shape index (κ1) is 62.1. The van der Waals surface area contributed by atoms with E-state index in [1.807, 2.05) is 98.1 Å². The molecule has 6 aromatic carbocycles. The Bertz CT molecular complexity index is 4540. The lowest BCUT2D eigenvalue weighted by molar-refractivity contribution is -0.390. The van der Waals surface area contributed by atoms with Gasteiger partial charge in [-0.15, -0.1) is 0 Å². The number of carbonyl (C=O) groups excluding carboxylic acids is 3. The van der Waals surface area contributed by atoms with Gasteiger partial charge in [0.15, 0.2) is 0 Å². The number of nitrogens with zero attached hydrogens (tertiary/aromatic N) is 7. The van der Waals surface area contributed by atoms with E-state index in [1.165, 1.54) is 33.1 Å². The molecule has 6 aromatic heterocycles. The molecule has 0 atom stereocenters. The van der Waals surface area contributed by atoms with Gasteiger partial charge in [0, 0.05) is 58.5 Å². The van der Waals surface area contributed by atoms with Crippen LogP contribution in [0, 0.1) is 34.1 Å². The highest BCUT2D eigenvalue weighted by Crippen LogP contribution is 2.42. The third-order valence-corrected chi connectivity index (χ3v) is 13.8. The van der Waals surface area contributed by atoms with E-state index in [-0.39, 0.29) is 50.1 Å². The highest BCUT2D eigenvalue weighted by molar-refractivity contribution is 7.11. The van der Waals surface area contributed by atoms with Gasteiger partial charge in [0.05, 0.1) is 19.8 Å². The molecule has 0 aliphatic heterocycles. The molecule has 0 saturated heterocycles. The predicted molar refractivity (Wildman–Crippen MR) is 331 cm³/mol. The average Bonchev–Trinajstić information content (AvgIpc) is 1.78. The van der Waals surface area contributed by atoms with Crippen molar-refractivity contribution in [1.82, 2.24) is 24.1 Å². The lowest BCUT2D eigenvalue weighted by Crippen LogP contribution is -2.05.